The third kappa shape index (κ3) is 3.47. The second kappa shape index (κ2) is 4.44. The molecule has 16 heavy (non-hydrogen) atoms. The van der Waals surface area contributed by atoms with Gasteiger partial charge in [0.05, 0.1) is 18.0 Å². The summed E-state index contributed by atoms with van der Waals surface area (Å²) < 4.78 is 0. The van der Waals surface area contributed by atoms with Crippen molar-refractivity contribution in [1.82, 2.24) is 9.97 Å². The van der Waals surface area contributed by atoms with Gasteiger partial charge in [0.2, 0.25) is 0 Å². The van der Waals surface area contributed by atoms with Gasteiger partial charge in [-0.3, -0.25) is 5.41 Å². The van der Waals surface area contributed by atoms with E-state index in [1.807, 2.05) is 7.05 Å². The molecule has 4 N–H and O–H groups in total. The van der Waals surface area contributed by atoms with Gasteiger partial charge < -0.3 is 15.7 Å². The van der Waals surface area contributed by atoms with Crippen LogP contribution in [0.25, 0.3) is 0 Å². The second-order valence-corrected chi connectivity index (χ2v) is 4.34. The Morgan fingerprint density at radius 1 is 1.50 bits per heavy atom. The van der Waals surface area contributed by atoms with Crippen molar-refractivity contribution >= 4 is 11.7 Å². The zero-order chi connectivity index (χ0) is 12.3. The van der Waals surface area contributed by atoms with Crippen LogP contribution in [0.2, 0.25) is 0 Å². The van der Waals surface area contributed by atoms with Gasteiger partial charge in [0.25, 0.3) is 0 Å². The largest absolute Gasteiger partial charge is 0.389 e. The summed E-state index contributed by atoms with van der Waals surface area (Å²) in [7, 11) is 1.81. The molecule has 0 radical (unpaired) electrons. The summed E-state index contributed by atoms with van der Waals surface area (Å²) in [6.45, 7) is 3.89. The fourth-order valence-electron chi connectivity index (χ4n) is 1.32. The van der Waals surface area contributed by atoms with Crippen LogP contribution < -0.4 is 10.6 Å². The lowest BCUT2D eigenvalue weighted by molar-refractivity contribution is 0.0884. The molecule has 1 aromatic heterocycles. The molecule has 6 nitrogen and oxygen atoms in total. The highest BCUT2D eigenvalue weighted by molar-refractivity contribution is 5.92. The van der Waals surface area contributed by atoms with E-state index in [1.54, 1.807) is 18.7 Å². The molecule has 0 amide bonds. The molecule has 0 saturated carbocycles. The van der Waals surface area contributed by atoms with Crippen molar-refractivity contribution in [1.29, 1.82) is 5.41 Å². The minimum absolute atomic E-state index is 0.107. The monoisotopic (exact) mass is 223 g/mol. The van der Waals surface area contributed by atoms with E-state index in [2.05, 4.69) is 9.97 Å². The maximum atomic E-state index is 9.65. The van der Waals surface area contributed by atoms with Gasteiger partial charge in [-0.15, -0.1) is 0 Å². The van der Waals surface area contributed by atoms with Crippen LogP contribution in [-0.4, -0.2) is 40.1 Å². The van der Waals surface area contributed by atoms with Crippen molar-refractivity contribution in [2.45, 2.75) is 19.4 Å². The first-order valence-electron chi connectivity index (χ1n) is 4.89. The van der Waals surface area contributed by atoms with Crippen molar-refractivity contribution in [2.24, 2.45) is 5.73 Å². The molecule has 0 aliphatic carbocycles. The lowest BCUT2D eigenvalue weighted by Crippen LogP contribution is -2.36. The molecule has 0 aliphatic heterocycles. The van der Waals surface area contributed by atoms with Crippen molar-refractivity contribution in [3.63, 3.8) is 0 Å². The molecule has 0 atom stereocenters. The summed E-state index contributed by atoms with van der Waals surface area (Å²) in [5, 5.41) is 16.8. The molecule has 6 heteroatoms. The highest BCUT2D eigenvalue weighted by atomic mass is 16.3. The van der Waals surface area contributed by atoms with Gasteiger partial charge in [-0.2, -0.15) is 0 Å². The number of anilines is 1. The van der Waals surface area contributed by atoms with Crippen LogP contribution in [0, 0.1) is 5.41 Å². The third-order valence-electron chi connectivity index (χ3n) is 1.93. The summed E-state index contributed by atoms with van der Waals surface area (Å²) in [5.41, 5.74) is 4.82. The number of rotatable bonds is 4. The zero-order valence-corrected chi connectivity index (χ0v) is 9.73. The van der Waals surface area contributed by atoms with E-state index in [-0.39, 0.29) is 5.84 Å². The van der Waals surface area contributed by atoms with Gasteiger partial charge in [0.15, 0.2) is 0 Å². The second-order valence-electron chi connectivity index (χ2n) is 4.34. The quantitative estimate of drug-likeness (QED) is 0.491. The average molecular weight is 223 g/mol. The van der Waals surface area contributed by atoms with E-state index in [4.69, 9.17) is 11.1 Å². The minimum Gasteiger partial charge on any atom is -0.389 e. The van der Waals surface area contributed by atoms with Crippen molar-refractivity contribution in [3.05, 3.63) is 18.1 Å². The summed E-state index contributed by atoms with van der Waals surface area (Å²) in [6.07, 6.45) is 2.97. The highest BCUT2D eigenvalue weighted by Gasteiger charge is 2.16. The number of hydrogen-bond acceptors (Lipinski definition) is 5. The number of nitrogens with two attached hydrogens (primary N) is 1. The number of hydrogen-bond donors (Lipinski definition) is 3. The number of likely N-dealkylation sites (N-methyl/N-ethyl adjacent to an activating group) is 1. The molecule has 1 rings (SSSR count). The molecule has 0 aliphatic rings. The van der Waals surface area contributed by atoms with Crippen LogP contribution in [0.1, 0.15) is 19.5 Å². The zero-order valence-electron chi connectivity index (χ0n) is 9.73. The highest BCUT2D eigenvalue weighted by Crippen LogP contribution is 2.11. The molecule has 0 unspecified atom stereocenters. The third-order valence-corrected chi connectivity index (χ3v) is 1.93. The lowest BCUT2D eigenvalue weighted by atomic mass is 10.1. The standard InChI is InChI=1S/C10H17N5O/c1-10(2,16)6-15(3)8-5-13-7(4-14-8)9(11)12/h4-5,16H,6H2,1-3H3,(H3,11,12). The Morgan fingerprint density at radius 2 is 2.12 bits per heavy atom. The van der Waals surface area contributed by atoms with Crippen LogP contribution in [0.3, 0.4) is 0 Å². The Labute approximate surface area is 94.6 Å². The minimum atomic E-state index is -0.796. The van der Waals surface area contributed by atoms with Crippen LogP contribution in [0.5, 0.6) is 0 Å². The Morgan fingerprint density at radius 3 is 2.50 bits per heavy atom. The Balaban J connectivity index is 2.78. The topological polar surface area (TPSA) is 99.1 Å². The van der Waals surface area contributed by atoms with Gasteiger partial charge in [0.1, 0.15) is 17.3 Å². The van der Waals surface area contributed by atoms with E-state index < -0.39 is 5.60 Å². The molecule has 88 valence electrons. The normalized spacial score (nSPS) is 11.2. The number of nitrogen functional groups attached to an aromatic ring is 1. The summed E-state index contributed by atoms with van der Waals surface area (Å²) >= 11 is 0. The maximum absolute atomic E-state index is 9.65. The van der Waals surface area contributed by atoms with Crippen LogP contribution >= 0.6 is 0 Å². The Kier molecular flexibility index (Phi) is 3.44. The van der Waals surface area contributed by atoms with Gasteiger partial charge in [-0.1, -0.05) is 0 Å². The molecular weight excluding hydrogens is 206 g/mol. The van der Waals surface area contributed by atoms with E-state index in [0.29, 0.717) is 18.1 Å². The van der Waals surface area contributed by atoms with E-state index in [9.17, 15) is 5.11 Å². The summed E-state index contributed by atoms with van der Waals surface area (Å²) in [6, 6.07) is 0. The number of aliphatic hydroxyl groups is 1. The van der Waals surface area contributed by atoms with Gasteiger partial charge >= 0.3 is 0 Å². The predicted octanol–water partition coefficient (Wildman–Crippen LogP) is -0.0322. The molecule has 1 heterocycles. The molecule has 1 aromatic rings. The lowest BCUT2D eigenvalue weighted by Gasteiger charge is -2.26. The molecule has 0 bridgehead atoms. The van der Waals surface area contributed by atoms with Crippen molar-refractivity contribution < 1.29 is 5.11 Å². The van der Waals surface area contributed by atoms with Crippen LogP contribution in [0.4, 0.5) is 5.82 Å². The fourth-order valence-corrected chi connectivity index (χ4v) is 1.32. The van der Waals surface area contributed by atoms with Crippen LogP contribution in [-0.2, 0) is 0 Å². The number of nitrogens with one attached hydrogen (secondary N) is 1. The first-order valence-corrected chi connectivity index (χ1v) is 4.89. The maximum Gasteiger partial charge on any atom is 0.146 e. The SMILES string of the molecule is CN(CC(C)(C)O)c1cnc(C(=N)N)cn1. The Hall–Kier alpha value is -1.69. The smallest absolute Gasteiger partial charge is 0.146 e. The average Bonchev–Trinajstić information content (AvgIpc) is 2.15. The fraction of sp³-hybridized carbons (Fsp3) is 0.500. The summed E-state index contributed by atoms with van der Waals surface area (Å²) in [4.78, 5) is 9.90. The molecule has 0 spiro atoms. The first-order chi connectivity index (χ1) is 7.29. The predicted molar refractivity (Wildman–Crippen MR) is 62.6 cm³/mol. The van der Waals surface area contributed by atoms with Gasteiger partial charge in [-0.05, 0) is 13.8 Å². The molecule has 0 saturated heterocycles. The molecule has 0 aromatic carbocycles. The van der Waals surface area contributed by atoms with Gasteiger partial charge in [0, 0.05) is 13.6 Å². The summed E-state index contributed by atoms with van der Waals surface area (Å²) in [5.74, 6) is 0.524. The number of nitrogens with zero attached hydrogens (tertiary/aromatic N) is 3. The van der Waals surface area contributed by atoms with E-state index in [0.717, 1.165) is 0 Å². The Bertz CT molecular complexity index is 368. The first kappa shape index (κ1) is 12.4. The van der Waals surface area contributed by atoms with Crippen LogP contribution in [0.15, 0.2) is 12.4 Å². The van der Waals surface area contributed by atoms with E-state index >= 15 is 0 Å². The number of amidine groups is 1. The van der Waals surface area contributed by atoms with Gasteiger partial charge in [-0.25, -0.2) is 9.97 Å². The van der Waals surface area contributed by atoms with Crippen molar-refractivity contribution in [2.75, 3.05) is 18.5 Å². The molecular formula is C10H17N5O. The molecule has 0 fully saturated rings. The number of aromatic nitrogens is 2. The van der Waals surface area contributed by atoms with E-state index in [1.165, 1.54) is 12.4 Å². The van der Waals surface area contributed by atoms with Crippen molar-refractivity contribution in [3.8, 4) is 0 Å².